The van der Waals surface area contributed by atoms with E-state index < -0.39 is 0 Å². The van der Waals surface area contributed by atoms with Crippen molar-refractivity contribution in [3.8, 4) is 0 Å². The molecule has 2 aliphatic carbocycles. The second-order valence-electron chi connectivity index (χ2n) is 5.78. The molecular weight excluding hydrogens is 182 g/mol. The van der Waals surface area contributed by atoms with Crippen molar-refractivity contribution in [1.29, 1.82) is 0 Å². The summed E-state index contributed by atoms with van der Waals surface area (Å²) in [6.45, 7) is 4.75. The molecule has 3 atom stereocenters. The summed E-state index contributed by atoms with van der Waals surface area (Å²) >= 11 is 0. The first kappa shape index (κ1) is 11.4. The summed E-state index contributed by atoms with van der Waals surface area (Å²) in [5, 5.41) is 3.89. The third-order valence-electron chi connectivity index (χ3n) is 4.72. The fourth-order valence-corrected chi connectivity index (χ4v) is 3.56. The van der Waals surface area contributed by atoms with Gasteiger partial charge in [0.1, 0.15) is 0 Å². The normalized spacial score (nSPS) is 34.8. The van der Waals surface area contributed by atoms with Crippen LogP contribution in [0.3, 0.4) is 0 Å². The van der Waals surface area contributed by atoms with Crippen LogP contribution in [0.5, 0.6) is 0 Å². The average Bonchev–Trinajstić information content (AvgIpc) is 2.87. The Kier molecular flexibility index (Phi) is 4.07. The number of nitrogens with one attached hydrogen (secondary N) is 1. The van der Waals surface area contributed by atoms with Crippen LogP contribution in [0.25, 0.3) is 0 Å². The van der Waals surface area contributed by atoms with Crippen LogP contribution in [0.2, 0.25) is 0 Å². The monoisotopic (exact) mass is 209 g/mol. The highest BCUT2D eigenvalue weighted by Crippen LogP contribution is 2.31. The van der Waals surface area contributed by atoms with Crippen molar-refractivity contribution >= 4 is 0 Å². The van der Waals surface area contributed by atoms with Gasteiger partial charge in [-0.1, -0.05) is 26.2 Å². The van der Waals surface area contributed by atoms with Crippen LogP contribution in [0.15, 0.2) is 0 Å². The zero-order valence-corrected chi connectivity index (χ0v) is 10.5. The standard InChI is InChI=1S/C14H27N/c1-3-12-8-9-14(10-12)15-11(2)13-6-4-5-7-13/h11-15H,3-10H2,1-2H3/t11-,12?,14?/m0/s1. The molecule has 2 aliphatic rings. The van der Waals surface area contributed by atoms with Gasteiger partial charge >= 0.3 is 0 Å². The molecule has 0 spiro atoms. The van der Waals surface area contributed by atoms with E-state index in [0.29, 0.717) is 0 Å². The lowest BCUT2D eigenvalue weighted by Crippen LogP contribution is -2.39. The average molecular weight is 209 g/mol. The molecule has 1 N–H and O–H groups in total. The van der Waals surface area contributed by atoms with Crippen LogP contribution < -0.4 is 5.32 Å². The molecule has 1 heteroatoms. The minimum Gasteiger partial charge on any atom is -0.311 e. The van der Waals surface area contributed by atoms with Crippen molar-refractivity contribution in [1.82, 2.24) is 5.32 Å². The fourth-order valence-electron chi connectivity index (χ4n) is 3.56. The van der Waals surface area contributed by atoms with E-state index in [2.05, 4.69) is 19.2 Å². The summed E-state index contributed by atoms with van der Waals surface area (Å²) in [7, 11) is 0. The minimum atomic E-state index is 0.771. The topological polar surface area (TPSA) is 12.0 Å². The summed E-state index contributed by atoms with van der Waals surface area (Å²) in [4.78, 5) is 0. The first-order valence-electron chi connectivity index (χ1n) is 7.05. The third-order valence-corrected chi connectivity index (χ3v) is 4.72. The van der Waals surface area contributed by atoms with Crippen molar-refractivity contribution in [2.24, 2.45) is 11.8 Å². The molecule has 0 aromatic heterocycles. The highest BCUT2D eigenvalue weighted by molar-refractivity contribution is 4.85. The van der Waals surface area contributed by atoms with Crippen LogP contribution in [0, 0.1) is 11.8 Å². The van der Waals surface area contributed by atoms with E-state index in [1.807, 2.05) is 0 Å². The molecule has 1 nitrogen and oxygen atoms in total. The molecule has 2 unspecified atom stereocenters. The highest BCUT2D eigenvalue weighted by Gasteiger charge is 2.27. The first-order chi connectivity index (χ1) is 7.29. The molecule has 2 rings (SSSR count). The summed E-state index contributed by atoms with van der Waals surface area (Å²) < 4.78 is 0. The molecule has 0 radical (unpaired) electrons. The van der Waals surface area contributed by atoms with Gasteiger partial charge in [0, 0.05) is 12.1 Å². The second-order valence-corrected chi connectivity index (χ2v) is 5.78. The molecule has 15 heavy (non-hydrogen) atoms. The maximum atomic E-state index is 3.89. The fraction of sp³-hybridized carbons (Fsp3) is 1.00. The van der Waals surface area contributed by atoms with E-state index in [1.54, 1.807) is 0 Å². The Morgan fingerprint density at radius 3 is 2.47 bits per heavy atom. The van der Waals surface area contributed by atoms with Crippen molar-refractivity contribution in [3.63, 3.8) is 0 Å². The van der Waals surface area contributed by atoms with Gasteiger partial charge in [0.2, 0.25) is 0 Å². The van der Waals surface area contributed by atoms with Crippen LogP contribution in [-0.2, 0) is 0 Å². The molecule has 2 fully saturated rings. The summed E-state index contributed by atoms with van der Waals surface area (Å²) in [6, 6.07) is 1.61. The Morgan fingerprint density at radius 1 is 1.13 bits per heavy atom. The predicted octanol–water partition coefficient (Wildman–Crippen LogP) is 3.73. The Hall–Kier alpha value is -0.0400. The van der Waals surface area contributed by atoms with Crippen LogP contribution in [0.4, 0.5) is 0 Å². The molecule has 88 valence electrons. The largest absolute Gasteiger partial charge is 0.311 e. The van der Waals surface area contributed by atoms with Crippen LogP contribution in [-0.4, -0.2) is 12.1 Å². The predicted molar refractivity (Wildman–Crippen MR) is 66.0 cm³/mol. The van der Waals surface area contributed by atoms with E-state index in [1.165, 1.54) is 51.4 Å². The second kappa shape index (κ2) is 5.34. The van der Waals surface area contributed by atoms with Gasteiger partial charge in [0.25, 0.3) is 0 Å². The van der Waals surface area contributed by atoms with E-state index in [4.69, 9.17) is 0 Å². The maximum absolute atomic E-state index is 3.89. The van der Waals surface area contributed by atoms with Crippen molar-refractivity contribution in [2.75, 3.05) is 0 Å². The lowest BCUT2D eigenvalue weighted by molar-refractivity contribution is 0.336. The molecule has 0 amide bonds. The van der Waals surface area contributed by atoms with Gasteiger partial charge < -0.3 is 5.32 Å². The van der Waals surface area contributed by atoms with E-state index in [0.717, 1.165) is 23.9 Å². The van der Waals surface area contributed by atoms with Gasteiger partial charge in [-0.3, -0.25) is 0 Å². The molecule has 0 aromatic carbocycles. The van der Waals surface area contributed by atoms with Gasteiger partial charge in [0.15, 0.2) is 0 Å². The first-order valence-corrected chi connectivity index (χ1v) is 7.05. The van der Waals surface area contributed by atoms with Crippen molar-refractivity contribution in [3.05, 3.63) is 0 Å². The molecule has 0 bridgehead atoms. The summed E-state index contributed by atoms with van der Waals surface area (Å²) in [6.07, 6.45) is 11.6. The van der Waals surface area contributed by atoms with E-state index >= 15 is 0 Å². The Morgan fingerprint density at radius 2 is 1.87 bits per heavy atom. The van der Waals surface area contributed by atoms with Crippen LogP contribution >= 0.6 is 0 Å². The maximum Gasteiger partial charge on any atom is 0.00723 e. The number of hydrogen-bond acceptors (Lipinski definition) is 1. The zero-order valence-electron chi connectivity index (χ0n) is 10.5. The smallest absolute Gasteiger partial charge is 0.00723 e. The van der Waals surface area contributed by atoms with Gasteiger partial charge in [-0.05, 0) is 50.9 Å². The summed E-state index contributed by atoms with van der Waals surface area (Å²) in [5.74, 6) is 1.99. The highest BCUT2D eigenvalue weighted by atomic mass is 15.0. The van der Waals surface area contributed by atoms with E-state index in [9.17, 15) is 0 Å². The molecule has 0 heterocycles. The lowest BCUT2D eigenvalue weighted by Gasteiger charge is -2.24. The number of rotatable bonds is 4. The Balaban J connectivity index is 1.72. The van der Waals surface area contributed by atoms with Gasteiger partial charge in [-0.15, -0.1) is 0 Å². The third kappa shape index (κ3) is 2.96. The van der Waals surface area contributed by atoms with Crippen molar-refractivity contribution < 1.29 is 0 Å². The zero-order chi connectivity index (χ0) is 10.7. The van der Waals surface area contributed by atoms with Crippen molar-refractivity contribution in [2.45, 2.75) is 77.3 Å². The Labute approximate surface area is 95.0 Å². The van der Waals surface area contributed by atoms with E-state index in [-0.39, 0.29) is 0 Å². The molecule has 0 aromatic rings. The molecule has 2 saturated carbocycles. The SMILES string of the molecule is CCC1CCC(N[C@@H](C)C2CCCC2)C1. The molecule has 0 aliphatic heterocycles. The Bertz CT molecular complexity index is 184. The summed E-state index contributed by atoms with van der Waals surface area (Å²) in [5.41, 5.74) is 0. The van der Waals surface area contributed by atoms with Crippen LogP contribution in [0.1, 0.15) is 65.2 Å². The molecule has 0 saturated heterocycles. The number of hydrogen-bond donors (Lipinski definition) is 1. The minimum absolute atomic E-state index is 0.771. The quantitative estimate of drug-likeness (QED) is 0.744. The lowest BCUT2D eigenvalue weighted by atomic mass is 9.98. The van der Waals surface area contributed by atoms with Gasteiger partial charge in [0.05, 0.1) is 0 Å². The van der Waals surface area contributed by atoms with Gasteiger partial charge in [-0.25, -0.2) is 0 Å². The van der Waals surface area contributed by atoms with Gasteiger partial charge in [-0.2, -0.15) is 0 Å². The molecular formula is C14H27N.